The fraction of sp³-hybridized carbons (Fsp3) is 0.364. The van der Waals surface area contributed by atoms with Crippen molar-refractivity contribution >= 4 is 17.3 Å². The monoisotopic (exact) mass is 252 g/mol. The molecular weight excluding hydrogens is 236 g/mol. The standard InChI is InChI=1S/C11H16N4O3/c1-6(5-7(2)16)13-8-9(12)14(3)11(18)15(4)10(8)17/h5,13H,12H2,1-4H3/b6-5+. The normalized spacial score (nSPS) is 11.4. The van der Waals surface area contributed by atoms with Gasteiger partial charge in [0.25, 0.3) is 5.56 Å². The summed E-state index contributed by atoms with van der Waals surface area (Å²) in [6, 6.07) is 0. The molecule has 0 spiro atoms. The van der Waals surface area contributed by atoms with Crippen LogP contribution in [0.3, 0.4) is 0 Å². The van der Waals surface area contributed by atoms with E-state index in [1.165, 1.54) is 27.1 Å². The number of ketones is 1. The minimum Gasteiger partial charge on any atom is -0.383 e. The number of rotatable bonds is 3. The Labute approximate surface area is 104 Å². The first-order valence-electron chi connectivity index (χ1n) is 5.27. The third-order valence-electron chi connectivity index (χ3n) is 2.45. The van der Waals surface area contributed by atoms with Crippen LogP contribution >= 0.6 is 0 Å². The topological polar surface area (TPSA) is 99.1 Å². The second kappa shape index (κ2) is 4.91. The average molecular weight is 252 g/mol. The lowest BCUT2D eigenvalue weighted by molar-refractivity contribution is -0.112. The molecule has 18 heavy (non-hydrogen) atoms. The van der Waals surface area contributed by atoms with Gasteiger partial charge in [0.1, 0.15) is 11.5 Å². The Bertz CT molecular complexity index is 637. The third kappa shape index (κ3) is 2.50. The molecule has 1 heterocycles. The van der Waals surface area contributed by atoms with E-state index >= 15 is 0 Å². The molecule has 1 rings (SSSR count). The maximum absolute atomic E-state index is 11.9. The zero-order chi connectivity index (χ0) is 14.0. The summed E-state index contributed by atoms with van der Waals surface area (Å²) < 4.78 is 2.10. The molecule has 0 aliphatic carbocycles. The minimum atomic E-state index is -0.535. The molecule has 0 saturated carbocycles. The van der Waals surface area contributed by atoms with E-state index in [0.717, 1.165) is 9.13 Å². The molecule has 1 aromatic rings. The van der Waals surface area contributed by atoms with Crippen LogP contribution in [0.5, 0.6) is 0 Å². The smallest absolute Gasteiger partial charge is 0.332 e. The van der Waals surface area contributed by atoms with Crippen molar-refractivity contribution in [2.24, 2.45) is 14.1 Å². The van der Waals surface area contributed by atoms with Crippen molar-refractivity contribution in [3.63, 3.8) is 0 Å². The number of nitrogens with one attached hydrogen (secondary N) is 1. The molecule has 7 heteroatoms. The number of carbonyl (C=O) groups excluding carboxylic acids is 1. The molecular formula is C11H16N4O3. The van der Waals surface area contributed by atoms with Crippen molar-refractivity contribution in [2.45, 2.75) is 13.8 Å². The number of nitrogens with two attached hydrogens (primary N) is 1. The molecule has 0 atom stereocenters. The highest BCUT2D eigenvalue weighted by atomic mass is 16.2. The molecule has 1 aromatic heterocycles. The van der Waals surface area contributed by atoms with Crippen LogP contribution in [-0.2, 0) is 18.9 Å². The number of nitrogen functional groups attached to an aromatic ring is 1. The summed E-state index contributed by atoms with van der Waals surface area (Å²) in [4.78, 5) is 34.4. The summed E-state index contributed by atoms with van der Waals surface area (Å²) in [5, 5.41) is 2.74. The Morgan fingerprint density at radius 3 is 2.28 bits per heavy atom. The first-order valence-corrected chi connectivity index (χ1v) is 5.27. The van der Waals surface area contributed by atoms with E-state index in [1.807, 2.05) is 0 Å². The highest BCUT2D eigenvalue weighted by Gasteiger charge is 2.12. The molecule has 0 aromatic carbocycles. The largest absolute Gasteiger partial charge is 0.383 e. The lowest BCUT2D eigenvalue weighted by Crippen LogP contribution is -2.39. The van der Waals surface area contributed by atoms with Gasteiger partial charge in [-0.25, -0.2) is 4.79 Å². The van der Waals surface area contributed by atoms with E-state index in [0.29, 0.717) is 5.70 Å². The Balaban J connectivity index is 3.40. The molecule has 0 bridgehead atoms. The summed E-state index contributed by atoms with van der Waals surface area (Å²) >= 11 is 0. The van der Waals surface area contributed by atoms with E-state index in [9.17, 15) is 14.4 Å². The molecule has 98 valence electrons. The van der Waals surface area contributed by atoms with Crippen LogP contribution in [-0.4, -0.2) is 14.9 Å². The minimum absolute atomic E-state index is 0.0272. The molecule has 3 N–H and O–H groups in total. The van der Waals surface area contributed by atoms with Gasteiger partial charge in [0.2, 0.25) is 0 Å². The lowest BCUT2D eigenvalue weighted by Gasteiger charge is -2.13. The number of carbonyl (C=O) groups is 1. The van der Waals surface area contributed by atoms with Crippen molar-refractivity contribution in [1.29, 1.82) is 0 Å². The van der Waals surface area contributed by atoms with E-state index in [2.05, 4.69) is 5.32 Å². The van der Waals surface area contributed by atoms with Gasteiger partial charge in [0, 0.05) is 19.8 Å². The fourth-order valence-corrected chi connectivity index (χ4v) is 1.52. The molecule has 0 radical (unpaired) electrons. The molecule has 0 amide bonds. The first-order chi connectivity index (χ1) is 8.25. The van der Waals surface area contributed by atoms with E-state index < -0.39 is 11.2 Å². The van der Waals surface area contributed by atoms with Gasteiger partial charge in [-0.05, 0) is 19.9 Å². The number of hydrogen-bond donors (Lipinski definition) is 2. The average Bonchev–Trinajstić information content (AvgIpc) is 2.29. The second-order valence-electron chi connectivity index (χ2n) is 4.03. The second-order valence-corrected chi connectivity index (χ2v) is 4.03. The summed E-state index contributed by atoms with van der Waals surface area (Å²) in [7, 11) is 2.83. The third-order valence-corrected chi connectivity index (χ3v) is 2.45. The summed E-state index contributed by atoms with van der Waals surface area (Å²) in [6.45, 7) is 3.03. The Kier molecular flexibility index (Phi) is 3.75. The van der Waals surface area contributed by atoms with Crippen LogP contribution in [0.4, 0.5) is 11.5 Å². The summed E-state index contributed by atoms with van der Waals surface area (Å²) in [6.07, 6.45) is 1.34. The van der Waals surface area contributed by atoms with Gasteiger partial charge in [-0.2, -0.15) is 0 Å². The first kappa shape index (κ1) is 13.8. The number of nitrogens with zero attached hydrogens (tertiary/aromatic N) is 2. The fourth-order valence-electron chi connectivity index (χ4n) is 1.52. The van der Waals surface area contributed by atoms with E-state index in [4.69, 9.17) is 5.73 Å². The zero-order valence-electron chi connectivity index (χ0n) is 10.8. The molecule has 0 aliphatic heterocycles. The SMILES string of the molecule is CC(=O)/C=C(\C)Nc1c(N)n(C)c(=O)n(C)c1=O. The molecule has 0 fully saturated rings. The van der Waals surface area contributed by atoms with E-state index in [1.54, 1.807) is 6.92 Å². The zero-order valence-corrected chi connectivity index (χ0v) is 10.8. The van der Waals surface area contributed by atoms with Crippen LogP contribution in [0.15, 0.2) is 21.4 Å². The van der Waals surface area contributed by atoms with Crippen molar-refractivity contribution < 1.29 is 4.79 Å². The maximum atomic E-state index is 11.9. The number of aromatic nitrogens is 2. The van der Waals surface area contributed by atoms with Crippen LogP contribution < -0.4 is 22.3 Å². The van der Waals surface area contributed by atoms with Crippen molar-refractivity contribution in [3.8, 4) is 0 Å². The summed E-state index contributed by atoms with van der Waals surface area (Å²) in [5.41, 5.74) is 5.22. The van der Waals surface area contributed by atoms with Crippen LogP contribution in [0.1, 0.15) is 13.8 Å². The van der Waals surface area contributed by atoms with Crippen molar-refractivity contribution in [2.75, 3.05) is 11.1 Å². The summed E-state index contributed by atoms with van der Waals surface area (Å²) in [5.74, 6) is -0.125. The van der Waals surface area contributed by atoms with Gasteiger partial charge in [0.15, 0.2) is 5.78 Å². The van der Waals surface area contributed by atoms with Crippen LogP contribution in [0.25, 0.3) is 0 Å². The van der Waals surface area contributed by atoms with Gasteiger partial charge in [-0.1, -0.05) is 0 Å². The van der Waals surface area contributed by atoms with Gasteiger partial charge in [0.05, 0.1) is 0 Å². The van der Waals surface area contributed by atoms with Crippen molar-refractivity contribution in [1.82, 2.24) is 9.13 Å². The molecule has 0 aliphatic rings. The highest BCUT2D eigenvalue weighted by Crippen LogP contribution is 2.11. The Hall–Kier alpha value is -2.31. The van der Waals surface area contributed by atoms with Crippen molar-refractivity contribution in [3.05, 3.63) is 32.6 Å². The Morgan fingerprint density at radius 2 is 1.78 bits per heavy atom. The number of hydrogen-bond acceptors (Lipinski definition) is 5. The lowest BCUT2D eigenvalue weighted by atomic mass is 10.3. The Morgan fingerprint density at radius 1 is 1.22 bits per heavy atom. The molecule has 7 nitrogen and oxygen atoms in total. The number of anilines is 2. The predicted molar refractivity (Wildman–Crippen MR) is 69.4 cm³/mol. The van der Waals surface area contributed by atoms with Crippen LogP contribution in [0.2, 0.25) is 0 Å². The van der Waals surface area contributed by atoms with Gasteiger partial charge < -0.3 is 11.1 Å². The molecule has 0 unspecified atom stereocenters. The highest BCUT2D eigenvalue weighted by molar-refractivity contribution is 5.88. The maximum Gasteiger partial charge on any atom is 0.332 e. The van der Waals surface area contributed by atoms with Gasteiger partial charge in [-0.15, -0.1) is 0 Å². The van der Waals surface area contributed by atoms with E-state index in [-0.39, 0.29) is 17.3 Å². The quantitative estimate of drug-likeness (QED) is 0.711. The van der Waals surface area contributed by atoms with Gasteiger partial charge in [-0.3, -0.25) is 18.7 Å². The molecule has 0 saturated heterocycles. The van der Waals surface area contributed by atoms with Crippen LogP contribution in [0, 0.1) is 0 Å². The number of allylic oxidation sites excluding steroid dienone is 2. The van der Waals surface area contributed by atoms with Gasteiger partial charge >= 0.3 is 5.69 Å². The predicted octanol–water partition coefficient (Wildman–Crippen LogP) is -0.429.